The maximum Gasteiger partial charge on any atom is 0.234 e. The molecular formula is C17H18Cl2N2O. The van der Waals surface area contributed by atoms with Crippen molar-refractivity contribution in [2.45, 2.75) is 19.5 Å². The highest BCUT2D eigenvalue weighted by atomic mass is 35.5. The summed E-state index contributed by atoms with van der Waals surface area (Å²) in [6.07, 6.45) is 0. The highest BCUT2D eigenvalue weighted by Gasteiger charge is 2.10. The summed E-state index contributed by atoms with van der Waals surface area (Å²) in [5.41, 5.74) is 1.95. The Hall–Kier alpha value is -1.55. The lowest BCUT2D eigenvalue weighted by molar-refractivity contribution is -0.120. The summed E-state index contributed by atoms with van der Waals surface area (Å²) < 4.78 is 0. The van der Waals surface area contributed by atoms with Crippen LogP contribution in [0.1, 0.15) is 24.1 Å². The molecular weight excluding hydrogens is 319 g/mol. The van der Waals surface area contributed by atoms with Crippen LogP contribution < -0.4 is 10.6 Å². The van der Waals surface area contributed by atoms with Gasteiger partial charge in [0.05, 0.1) is 6.54 Å². The molecule has 0 saturated heterocycles. The summed E-state index contributed by atoms with van der Waals surface area (Å²) in [6, 6.07) is 15.0. The maximum atomic E-state index is 11.9. The number of carbonyl (C=O) groups excluding carboxylic acids is 1. The third kappa shape index (κ3) is 5.02. The van der Waals surface area contributed by atoms with E-state index in [4.69, 9.17) is 23.2 Å². The summed E-state index contributed by atoms with van der Waals surface area (Å²) in [5, 5.41) is 7.38. The molecule has 0 heterocycles. The molecule has 0 unspecified atom stereocenters. The molecule has 0 radical (unpaired) electrons. The first-order valence-electron chi connectivity index (χ1n) is 7.05. The lowest BCUT2D eigenvalue weighted by Gasteiger charge is -2.15. The molecule has 2 aromatic rings. The van der Waals surface area contributed by atoms with Gasteiger partial charge >= 0.3 is 0 Å². The minimum atomic E-state index is -0.0705. The summed E-state index contributed by atoms with van der Waals surface area (Å²) in [7, 11) is 0. The monoisotopic (exact) mass is 336 g/mol. The molecule has 5 heteroatoms. The summed E-state index contributed by atoms with van der Waals surface area (Å²) in [6.45, 7) is 2.67. The van der Waals surface area contributed by atoms with Gasteiger partial charge in [-0.2, -0.15) is 0 Å². The third-order valence-corrected chi connectivity index (χ3v) is 3.90. The van der Waals surface area contributed by atoms with Crippen LogP contribution >= 0.6 is 23.2 Å². The Morgan fingerprint density at radius 3 is 2.64 bits per heavy atom. The second kappa shape index (κ2) is 8.18. The second-order valence-corrected chi connectivity index (χ2v) is 5.87. The summed E-state index contributed by atoms with van der Waals surface area (Å²) in [4.78, 5) is 11.9. The lowest BCUT2D eigenvalue weighted by Crippen LogP contribution is -2.34. The summed E-state index contributed by atoms with van der Waals surface area (Å²) in [5.74, 6) is -0.0705. The predicted molar refractivity (Wildman–Crippen MR) is 91.2 cm³/mol. The fraction of sp³-hybridized carbons (Fsp3) is 0.235. The number of rotatable bonds is 6. The van der Waals surface area contributed by atoms with Crippen LogP contribution in [0.3, 0.4) is 0 Å². The molecule has 22 heavy (non-hydrogen) atoms. The van der Waals surface area contributed by atoms with Gasteiger partial charge in [-0.1, -0.05) is 53.5 Å². The maximum absolute atomic E-state index is 11.9. The van der Waals surface area contributed by atoms with Gasteiger partial charge in [0, 0.05) is 22.6 Å². The van der Waals surface area contributed by atoms with E-state index in [0.717, 1.165) is 11.1 Å². The molecule has 0 spiro atoms. The van der Waals surface area contributed by atoms with Crippen LogP contribution in [-0.4, -0.2) is 12.5 Å². The van der Waals surface area contributed by atoms with E-state index in [9.17, 15) is 4.79 Å². The first-order chi connectivity index (χ1) is 10.6. The topological polar surface area (TPSA) is 41.1 Å². The van der Waals surface area contributed by atoms with Crippen molar-refractivity contribution in [3.05, 3.63) is 69.7 Å². The zero-order chi connectivity index (χ0) is 15.9. The van der Waals surface area contributed by atoms with Gasteiger partial charge in [-0.05, 0) is 36.2 Å². The number of nitrogens with one attached hydrogen (secondary N) is 2. The highest BCUT2D eigenvalue weighted by molar-refractivity contribution is 6.31. The standard InChI is InChI=1S/C17H18Cl2N2O/c1-12(15-7-2-3-8-16(15)19)20-11-17(22)21-10-13-5-4-6-14(18)9-13/h2-9,12,20H,10-11H2,1H3,(H,21,22)/t12-/m1/s1. The minimum Gasteiger partial charge on any atom is -0.351 e. The molecule has 2 aromatic carbocycles. The Morgan fingerprint density at radius 2 is 1.91 bits per heavy atom. The van der Waals surface area contributed by atoms with Crippen molar-refractivity contribution in [1.82, 2.24) is 10.6 Å². The van der Waals surface area contributed by atoms with Crippen molar-refractivity contribution >= 4 is 29.1 Å². The first kappa shape index (κ1) is 16.8. The van der Waals surface area contributed by atoms with Crippen LogP contribution in [0.5, 0.6) is 0 Å². The molecule has 0 aliphatic heterocycles. The van der Waals surface area contributed by atoms with Gasteiger partial charge in [0.1, 0.15) is 0 Å². The SMILES string of the molecule is C[C@@H](NCC(=O)NCc1cccc(Cl)c1)c1ccccc1Cl. The third-order valence-electron chi connectivity index (χ3n) is 3.32. The van der Waals surface area contributed by atoms with Crippen LogP contribution in [0.25, 0.3) is 0 Å². The van der Waals surface area contributed by atoms with Crippen LogP contribution in [0.4, 0.5) is 0 Å². The van der Waals surface area contributed by atoms with Crippen molar-refractivity contribution in [1.29, 1.82) is 0 Å². The molecule has 0 aromatic heterocycles. The van der Waals surface area contributed by atoms with Crippen LogP contribution in [0, 0.1) is 0 Å². The van der Waals surface area contributed by atoms with Crippen LogP contribution in [0.15, 0.2) is 48.5 Å². The van der Waals surface area contributed by atoms with Gasteiger partial charge in [-0.25, -0.2) is 0 Å². The first-order valence-corrected chi connectivity index (χ1v) is 7.81. The second-order valence-electron chi connectivity index (χ2n) is 5.03. The average Bonchev–Trinajstić information content (AvgIpc) is 2.51. The van der Waals surface area contributed by atoms with Gasteiger partial charge in [0.15, 0.2) is 0 Å². The quantitative estimate of drug-likeness (QED) is 0.838. The van der Waals surface area contributed by atoms with E-state index in [-0.39, 0.29) is 18.5 Å². The molecule has 0 aliphatic rings. The molecule has 0 fully saturated rings. The Balaban J connectivity index is 1.79. The Bertz CT molecular complexity index is 646. The predicted octanol–water partition coefficient (Wildman–Crippen LogP) is 3.96. The minimum absolute atomic E-state index is 0.00520. The van der Waals surface area contributed by atoms with Crippen molar-refractivity contribution in [3.8, 4) is 0 Å². The molecule has 0 saturated carbocycles. The molecule has 2 rings (SSSR count). The van der Waals surface area contributed by atoms with E-state index in [1.807, 2.05) is 49.4 Å². The van der Waals surface area contributed by atoms with Gasteiger partial charge in [-0.15, -0.1) is 0 Å². The number of halogens is 2. The number of amides is 1. The molecule has 0 bridgehead atoms. The Morgan fingerprint density at radius 1 is 1.14 bits per heavy atom. The van der Waals surface area contributed by atoms with E-state index >= 15 is 0 Å². The van der Waals surface area contributed by atoms with Crippen molar-refractivity contribution in [2.24, 2.45) is 0 Å². The molecule has 0 aliphatic carbocycles. The molecule has 1 amide bonds. The molecule has 116 valence electrons. The summed E-state index contributed by atoms with van der Waals surface area (Å²) >= 11 is 12.0. The van der Waals surface area contributed by atoms with Crippen molar-refractivity contribution in [2.75, 3.05) is 6.54 Å². The number of benzene rings is 2. The van der Waals surface area contributed by atoms with E-state index in [2.05, 4.69) is 10.6 Å². The zero-order valence-corrected chi connectivity index (χ0v) is 13.8. The average molecular weight is 337 g/mol. The molecule has 2 N–H and O–H groups in total. The Kier molecular flexibility index (Phi) is 6.25. The molecule has 1 atom stereocenters. The van der Waals surface area contributed by atoms with E-state index < -0.39 is 0 Å². The van der Waals surface area contributed by atoms with Crippen LogP contribution in [-0.2, 0) is 11.3 Å². The highest BCUT2D eigenvalue weighted by Crippen LogP contribution is 2.21. The van der Waals surface area contributed by atoms with E-state index in [0.29, 0.717) is 16.6 Å². The zero-order valence-electron chi connectivity index (χ0n) is 12.3. The smallest absolute Gasteiger partial charge is 0.234 e. The van der Waals surface area contributed by atoms with Gasteiger partial charge in [0.2, 0.25) is 5.91 Å². The number of hydrogen-bond acceptors (Lipinski definition) is 2. The van der Waals surface area contributed by atoms with Gasteiger partial charge in [-0.3, -0.25) is 4.79 Å². The number of hydrogen-bond donors (Lipinski definition) is 2. The largest absolute Gasteiger partial charge is 0.351 e. The van der Waals surface area contributed by atoms with E-state index in [1.165, 1.54) is 0 Å². The van der Waals surface area contributed by atoms with Gasteiger partial charge in [0.25, 0.3) is 0 Å². The lowest BCUT2D eigenvalue weighted by atomic mass is 10.1. The fourth-order valence-corrected chi connectivity index (χ4v) is 2.60. The normalized spacial score (nSPS) is 12.0. The van der Waals surface area contributed by atoms with Crippen molar-refractivity contribution in [3.63, 3.8) is 0 Å². The Labute approximate surface area is 140 Å². The fourth-order valence-electron chi connectivity index (χ4n) is 2.09. The van der Waals surface area contributed by atoms with Crippen molar-refractivity contribution < 1.29 is 4.79 Å². The van der Waals surface area contributed by atoms with Crippen LogP contribution in [0.2, 0.25) is 10.0 Å². The molecule has 3 nitrogen and oxygen atoms in total. The number of carbonyl (C=O) groups is 1. The van der Waals surface area contributed by atoms with E-state index in [1.54, 1.807) is 6.07 Å². The van der Waals surface area contributed by atoms with Gasteiger partial charge < -0.3 is 10.6 Å².